The van der Waals surface area contributed by atoms with E-state index in [2.05, 4.69) is 5.32 Å². The number of para-hydroxylation sites is 1. The Bertz CT molecular complexity index is 397. The second-order valence-electron chi connectivity index (χ2n) is 5.59. The van der Waals surface area contributed by atoms with Crippen LogP contribution in [-0.4, -0.2) is 23.8 Å². The van der Waals surface area contributed by atoms with E-state index in [1.54, 1.807) is 0 Å². The molecule has 1 aliphatic rings. The number of ether oxygens (including phenoxy) is 1. The first kappa shape index (κ1) is 13.4. The molecule has 2 rings (SSSR count). The second kappa shape index (κ2) is 5.29. The van der Waals surface area contributed by atoms with Crippen molar-refractivity contribution in [3.05, 3.63) is 29.8 Å². The Morgan fingerprint density at radius 3 is 2.67 bits per heavy atom. The van der Waals surface area contributed by atoms with E-state index in [0.29, 0.717) is 12.6 Å². The molecule has 0 aromatic heterocycles. The van der Waals surface area contributed by atoms with Crippen molar-refractivity contribution in [2.75, 3.05) is 6.54 Å². The Morgan fingerprint density at radius 2 is 2.06 bits per heavy atom. The lowest BCUT2D eigenvalue weighted by molar-refractivity contribution is 0.0521. The van der Waals surface area contributed by atoms with E-state index in [4.69, 9.17) is 4.74 Å². The van der Waals surface area contributed by atoms with Crippen LogP contribution in [0.5, 0.6) is 5.75 Å². The maximum Gasteiger partial charge on any atom is 0.125 e. The number of rotatable bonds is 6. The molecule has 2 N–H and O–H groups in total. The summed E-state index contributed by atoms with van der Waals surface area (Å²) in [5.74, 6) is 0.773. The first-order valence-electron chi connectivity index (χ1n) is 6.71. The van der Waals surface area contributed by atoms with Gasteiger partial charge in [-0.2, -0.15) is 0 Å². The van der Waals surface area contributed by atoms with Gasteiger partial charge >= 0.3 is 0 Å². The topological polar surface area (TPSA) is 41.5 Å². The molecule has 0 radical (unpaired) electrons. The highest BCUT2D eigenvalue weighted by Gasteiger charge is 2.30. The Morgan fingerprint density at radius 1 is 1.39 bits per heavy atom. The van der Waals surface area contributed by atoms with Crippen LogP contribution in [0.1, 0.15) is 39.2 Å². The highest BCUT2D eigenvalue weighted by atomic mass is 16.5. The third-order valence-corrected chi connectivity index (χ3v) is 3.14. The van der Waals surface area contributed by atoms with Crippen LogP contribution >= 0.6 is 0 Å². The minimum absolute atomic E-state index is 0.110. The van der Waals surface area contributed by atoms with Crippen LogP contribution in [0, 0.1) is 0 Å². The minimum atomic E-state index is -0.895. The number of aliphatic hydroxyl groups is 1. The van der Waals surface area contributed by atoms with E-state index in [0.717, 1.165) is 11.3 Å². The molecular weight excluding hydrogens is 226 g/mol. The SMILES string of the molecule is CC(C)Oc1ccccc1C(C)(O)CNC1CC1. The number of nitrogens with one attached hydrogen (secondary N) is 1. The van der Waals surface area contributed by atoms with Crippen LogP contribution in [0.3, 0.4) is 0 Å². The van der Waals surface area contributed by atoms with Gasteiger partial charge in [-0.05, 0) is 39.7 Å². The van der Waals surface area contributed by atoms with Crippen molar-refractivity contribution in [1.29, 1.82) is 0 Å². The largest absolute Gasteiger partial charge is 0.491 e. The summed E-state index contributed by atoms with van der Waals surface area (Å²) in [6, 6.07) is 8.32. The molecule has 0 amide bonds. The molecule has 0 heterocycles. The van der Waals surface area contributed by atoms with Gasteiger partial charge in [0.25, 0.3) is 0 Å². The highest BCUT2D eigenvalue weighted by molar-refractivity contribution is 5.38. The third-order valence-electron chi connectivity index (χ3n) is 3.14. The average Bonchev–Trinajstić information content (AvgIpc) is 3.10. The maximum atomic E-state index is 10.6. The predicted octanol–water partition coefficient (Wildman–Crippen LogP) is 2.43. The van der Waals surface area contributed by atoms with Crippen molar-refractivity contribution >= 4 is 0 Å². The van der Waals surface area contributed by atoms with Gasteiger partial charge < -0.3 is 15.2 Å². The fourth-order valence-corrected chi connectivity index (χ4v) is 1.99. The lowest BCUT2D eigenvalue weighted by Gasteiger charge is -2.27. The van der Waals surface area contributed by atoms with Crippen LogP contribution in [-0.2, 0) is 5.60 Å². The normalized spacial score (nSPS) is 18.7. The van der Waals surface area contributed by atoms with Crippen molar-refractivity contribution in [1.82, 2.24) is 5.32 Å². The summed E-state index contributed by atoms with van der Waals surface area (Å²) in [7, 11) is 0. The predicted molar refractivity (Wildman–Crippen MR) is 72.8 cm³/mol. The third kappa shape index (κ3) is 3.47. The van der Waals surface area contributed by atoms with Crippen LogP contribution < -0.4 is 10.1 Å². The maximum absolute atomic E-state index is 10.6. The molecule has 1 aromatic rings. The lowest BCUT2D eigenvalue weighted by atomic mass is 9.95. The minimum Gasteiger partial charge on any atom is -0.491 e. The van der Waals surface area contributed by atoms with E-state index >= 15 is 0 Å². The van der Waals surface area contributed by atoms with Crippen molar-refractivity contribution in [3.8, 4) is 5.75 Å². The van der Waals surface area contributed by atoms with Crippen LogP contribution in [0.4, 0.5) is 0 Å². The molecule has 0 aliphatic heterocycles. The van der Waals surface area contributed by atoms with Crippen LogP contribution in [0.2, 0.25) is 0 Å². The fraction of sp³-hybridized carbons (Fsp3) is 0.600. The monoisotopic (exact) mass is 249 g/mol. The molecule has 0 spiro atoms. The molecule has 100 valence electrons. The Balaban J connectivity index is 2.13. The number of benzene rings is 1. The molecule has 1 unspecified atom stereocenters. The van der Waals surface area contributed by atoms with E-state index in [9.17, 15) is 5.11 Å². The summed E-state index contributed by atoms with van der Waals surface area (Å²) in [6.45, 7) is 6.39. The zero-order valence-corrected chi connectivity index (χ0v) is 11.4. The smallest absolute Gasteiger partial charge is 0.125 e. The van der Waals surface area contributed by atoms with Gasteiger partial charge in [-0.1, -0.05) is 18.2 Å². The van der Waals surface area contributed by atoms with E-state index in [1.807, 2.05) is 45.0 Å². The number of hydrogen-bond donors (Lipinski definition) is 2. The van der Waals surface area contributed by atoms with Gasteiger partial charge in [0.05, 0.1) is 6.10 Å². The van der Waals surface area contributed by atoms with Crippen LogP contribution in [0.15, 0.2) is 24.3 Å². The summed E-state index contributed by atoms with van der Waals surface area (Å²) in [5.41, 5.74) is -0.0412. The quantitative estimate of drug-likeness (QED) is 0.813. The highest BCUT2D eigenvalue weighted by Crippen LogP contribution is 2.31. The Kier molecular flexibility index (Phi) is 3.93. The van der Waals surface area contributed by atoms with Crippen LogP contribution in [0.25, 0.3) is 0 Å². The molecule has 1 aliphatic carbocycles. The molecule has 0 saturated heterocycles. The molecular formula is C15H23NO2. The molecule has 1 saturated carbocycles. The van der Waals surface area contributed by atoms with Gasteiger partial charge in [-0.15, -0.1) is 0 Å². The molecule has 0 bridgehead atoms. The van der Waals surface area contributed by atoms with Crippen molar-refractivity contribution in [3.63, 3.8) is 0 Å². The van der Waals surface area contributed by atoms with Gasteiger partial charge in [-0.3, -0.25) is 0 Å². The van der Waals surface area contributed by atoms with Crippen molar-refractivity contribution in [2.24, 2.45) is 0 Å². The molecule has 18 heavy (non-hydrogen) atoms. The van der Waals surface area contributed by atoms with Gasteiger partial charge in [0.15, 0.2) is 0 Å². The molecule has 3 heteroatoms. The average molecular weight is 249 g/mol. The number of hydrogen-bond acceptors (Lipinski definition) is 3. The van der Waals surface area contributed by atoms with Gasteiger partial charge in [-0.25, -0.2) is 0 Å². The van der Waals surface area contributed by atoms with Gasteiger partial charge in [0.2, 0.25) is 0 Å². The van der Waals surface area contributed by atoms with Gasteiger partial charge in [0, 0.05) is 18.2 Å². The zero-order chi connectivity index (χ0) is 13.2. The Labute approximate surface area is 109 Å². The van der Waals surface area contributed by atoms with Crippen molar-refractivity contribution < 1.29 is 9.84 Å². The van der Waals surface area contributed by atoms with Gasteiger partial charge in [0.1, 0.15) is 11.4 Å². The lowest BCUT2D eigenvalue weighted by Crippen LogP contribution is -2.37. The van der Waals surface area contributed by atoms with Crippen molar-refractivity contribution in [2.45, 2.75) is 51.4 Å². The van der Waals surface area contributed by atoms with E-state index in [-0.39, 0.29) is 6.10 Å². The molecule has 1 aromatic carbocycles. The first-order valence-corrected chi connectivity index (χ1v) is 6.71. The zero-order valence-electron chi connectivity index (χ0n) is 11.4. The fourth-order valence-electron chi connectivity index (χ4n) is 1.99. The Hall–Kier alpha value is -1.06. The summed E-state index contributed by atoms with van der Waals surface area (Å²) in [6.07, 6.45) is 2.55. The summed E-state index contributed by atoms with van der Waals surface area (Å²) < 4.78 is 5.77. The first-order chi connectivity index (χ1) is 8.49. The summed E-state index contributed by atoms with van der Waals surface area (Å²) in [4.78, 5) is 0. The molecule has 1 atom stereocenters. The second-order valence-corrected chi connectivity index (χ2v) is 5.59. The summed E-state index contributed by atoms with van der Waals surface area (Å²) in [5, 5.41) is 14.0. The molecule has 1 fully saturated rings. The standard InChI is InChI=1S/C15H23NO2/c1-11(2)18-14-7-5-4-6-13(14)15(3,17)10-16-12-8-9-12/h4-7,11-12,16-17H,8-10H2,1-3H3. The molecule has 3 nitrogen and oxygen atoms in total. The van der Waals surface area contributed by atoms with E-state index in [1.165, 1.54) is 12.8 Å². The van der Waals surface area contributed by atoms with E-state index < -0.39 is 5.60 Å². The summed E-state index contributed by atoms with van der Waals surface area (Å²) >= 11 is 0.